The molecule has 3 rings (SSSR count). The monoisotopic (exact) mass is 385 g/mol. The number of hydrogen-bond donors (Lipinski definition) is 2. The van der Waals surface area contributed by atoms with Gasteiger partial charge < -0.3 is 15.4 Å². The fraction of sp³-hybridized carbons (Fsp3) is 0.556. The van der Waals surface area contributed by atoms with Gasteiger partial charge in [-0.05, 0) is 25.0 Å². The Kier molecular flexibility index (Phi) is 5.71. The summed E-state index contributed by atoms with van der Waals surface area (Å²) in [7, 11) is 0. The fourth-order valence-electron chi connectivity index (χ4n) is 3.09. The van der Waals surface area contributed by atoms with Crippen molar-refractivity contribution in [2.45, 2.75) is 19.0 Å². The molecule has 1 saturated carbocycles. The molecule has 1 aliphatic heterocycles. The van der Waals surface area contributed by atoms with Gasteiger partial charge in [-0.15, -0.1) is 0 Å². The van der Waals surface area contributed by atoms with Gasteiger partial charge in [0.25, 0.3) is 0 Å². The van der Waals surface area contributed by atoms with Crippen LogP contribution in [-0.4, -0.2) is 56.1 Å². The van der Waals surface area contributed by atoms with Crippen molar-refractivity contribution in [1.29, 1.82) is 0 Å². The number of carbonyl (C=O) groups excluding carboxylic acids is 2. The number of alkyl halides is 3. The van der Waals surface area contributed by atoms with E-state index < -0.39 is 29.0 Å². The second-order valence-electron chi connectivity index (χ2n) is 6.79. The summed E-state index contributed by atoms with van der Waals surface area (Å²) in [6.07, 6.45) is -3.92. The molecule has 1 aromatic rings. The molecule has 2 amide bonds. The standard InChI is InChI=1S/C18H22F3N3O3/c19-18(20,21)13-3-1-2-4-14(13)23-16(26)17(5-6-17)15(25)22-7-8-24-9-11-27-12-10-24/h1-4H,5-12H2,(H,22,25)(H,23,26). The average Bonchev–Trinajstić information content (AvgIpc) is 3.44. The molecule has 2 fully saturated rings. The zero-order valence-electron chi connectivity index (χ0n) is 14.8. The van der Waals surface area contributed by atoms with E-state index in [1.165, 1.54) is 18.2 Å². The minimum Gasteiger partial charge on any atom is -0.379 e. The Bertz CT molecular complexity index is 699. The first-order valence-electron chi connectivity index (χ1n) is 8.89. The van der Waals surface area contributed by atoms with Crippen LogP contribution >= 0.6 is 0 Å². The number of amides is 2. The lowest BCUT2D eigenvalue weighted by molar-refractivity contribution is -0.137. The van der Waals surface area contributed by atoms with Crippen LogP contribution in [0.4, 0.5) is 18.9 Å². The molecule has 2 N–H and O–H groups in total. The number of halogens is 3. The van der Waals surface area contributed by atoms with Crippen molar-refractivity contribution in [3.8, 4) is 0 Å². The van der Waals surface area contributed by atoms with Crippen LogP contribution < -0.4 is 10.6 Å². The van der Waals surface area contributed by atoms with Crippen molar-refractivity contribution < 1.29 is 27.5 Å². The highest BCUT2D eigenvalue weighted by molar-refractivity contribution is 6.13. The molecule has 27 heavy (non-hydrogen) atoms. The number of benzene rings is 1. The van der Waals surface area contributed by atoms with E-state index in [0.717, 1.165) is 19.2 Å². The largest absolute Gasteiger partial charge is 0.418 e. The Labute approximate surface area is 155 Å². The van der Waals surface area contributed by atoms with E-state index in [2.05, 4.69) is 15.5 Å². The topological polar surface area (TPSA) is 70.7 Å². The second-order valence-corrected chi connectivity index (χ2v) is 6.79. The molecule has 0 aromatic heterocycles. The van der Waals surface area contributed by atoms with E-state index in [1.807, 2.05) is 0 Å². The highest BCUT2D eigenvalue weighted by Gasteiger charge is 2.56. The van der Waals surface area contributed by atoms with Crippen molar-refractivity contribution in [2.75, 3.05) is 44.7 Å². The van der Waals surface area contributed by atoms with E-state index in [0.29, 0.717) is 39.1 Å². The van der Waals surface area contributed by atoms with Gasteiger partial charge in [-0.3, -0.25) is 14.5 Å². The van der Waals surface area contributed by atoms with E-state index in [1.54, 1.807) is 0 Å². The molecule has 9 heteroatoms. The van der Waals surface area contributed by atoms with Crippen LogP contribution in [0.25, 0.3) is 0 Å². The zero-order chi connectivity index (χ0) is 19.5. The van der Waals surface area contributed by atoms with E-state index in [4.69, 9.17) is 4.74 Å². The molecule has 2 aliphatic rings. The molecule has 1 aliphatic carbocycles. The molecule has 1 aromatic carbocycles. The van der Waals surface area contributed by atoms with Crippen LogP contribution in [0, 0.1) is 5.41 Å². The minimum absolute atomic E-state index is 0.330. The van der Waals surface area contributed by atoms with Crippen LogP contribution in [0.2, 0.25) is 0 Å². The van der Waals surface area contributed by atoms with Crippen molar-refractivity contribution in [2.24, 2.45) is 5.41 Å². The quantitative estimate of drug-likeness (QED) is 0.734. The summed E-state index contributed by atoms with van der Waals surface area (Å²) in [5, 5.41) is 5.03. The zero-order valence-corrected chi connectivity index (χ0v) is 14.8. The second kappa shape index (κ2) is 7.85. The lowest BCUT2D eigenvalue weighted by Gasteiger charge is -2.26. The fourth-order valence-corrected chi connectivity index (χ4v) is 3.09. The Hall–Kier alpha value is -2.13. The summed E-state index contributed by atoms with van der Waals surface area (Å²) in [6.45, 7) is 3.90. The molecule has 0 spiro atoms. The third kappa shape index (κ3) is 4.59. The molecule has 0 atom stereocenters. The number of morpholine rings is 1. The summed E-state index contributed by atoms with van der Waals surface area (Å²) in [6, 6.07) is 4.75. The molecular formula is C18H22F3N3O3. The van der Waals surface area contributed by atoms with Gasteiger partial charge in [-0.25, -0.2) is 0 Å². The lowest BCUT2D eigenvalue weighted by Crippen LogP contribution is -2.45. The van der Waals surface area contributed by atoms with Gasteiger partial charge in [0.1, 0.15) is 5.41 Å². The van der Waals surface area contributed by atoms with Crippen LogP contribution in [-0.2, 0) is 20.5 Å². The SMILES string of the molecule is O=C(NCCN1CCOCC1)C1(C(=O)Nc2ccccc2C(F)(F)F)CC1. The molecular weight excluding hydrogens is 363 g/mol. The number of nitrogens with one attached hydrogen (secondary N) is 2. The Morgan fingerprint density at radius 1 is 1.11 bits per heavy atom. The first-order chi connectivity index (χ1) is 12.8. The maximum absolute atomic E-state index is 13.1. The third-order valence-electron chi connectivity index (χ3n) is 4.92. The number of rotatable bonds is 6. The summed E-state index contributed by atoms with van der Waals surface area (Å²) in [4.78, 5) is 27.1. The van der Waals surface area contributed by atoms with Gasteiger partial charge in [-0.1, -0.05) is 12.1 Å². The molecule has 1 saturated heterocycles. The van der Waals surface area contributed by atoms with E-state index in [-0.39, 0.29) is 5.69 Å². The average molecular weight is 385 g/mol. The molecule has 148 valence electrons. The number of ether oxygens (including phenoxy) is 1. The first-order valence-corrected chi connectivity index (χ1v) is 8.89. The maximum atomic E-state index is 13.1. The highest BCUT2D eigenvalue weighted by atomic mass is 19.4. The van der Waals surface area contributed by atoms with Gasteiger partial charge in [-0.2, -0.15) is 13.2 Å². The van der Waals surface area contributed by atoms with Crippen LogP contribution in [0.3, 0.4) is 0 Å². The Morgan fingerprint density at radius 3 is 2.41 bits per heavy atom. The Balaban J connectivity index is 1.57. The molecule has 1 heterocycles. The van der Waals surface area contributed by atoms with Crippen LogP contribution in [0.5, 0.6) is 0 Å². The van der Waals surface area contributed by atoms with Crippen LogP contribution in [0.15, 0.2) is 24.3 Å². The molecule has 0 bridgehead atoms. The number of nitrogens with zero attached hydrogens (tertiary/aromatic N) is 1. The van der Waals surface area contributed by atoms with Gasteiger partial charge in [0.2, 0.25) is 11.8 Å². The predicted octanol–water partition coefficient (Wildman–Crippen LogP) is 1.87. The predicted molar refractivity (Wildman–Crippen MR) is 92.0 cm³/mol. The van der Waals surface area contributed by atoms with Crippen molar-refractivity contribution in [3.63, 3.8) is 0 Å². The van der Waals surface area contributed by atoms with E-state index in [9.17, 15) is 22.8 Å². The van der Waals surface area contributed by atoms with Crippen molar-refractivity contribution in [3.05, 3.63) is 29.8 Å². The van der Waals surface area contributed by atoms with Gasteiger partial charge >= 0.3 is 6.18 Å². The smallest absolute Gasteiger partial charge is 0.379 e. The normalized spacial score (nSPS) is 19.4. The van der Waals surface area contributed by atoms with Gasteiger partial charge in [0, 0.05) is 26.2 Å². The lowest BCUT2D eigenvalue weighted by atomic mass is 10.0. The molecule has 0 radical (unpaired) electrons. The number of carbonyl (C=O) groups is 2. The first kappa shape index (κ1) is 19.6. The van der Waals surface area contributed by atoms with E-state index >= 15 is 0 Å². The third-order valence-corrected chi connectivity index (χ3v) is 4.92. The van der Waals surface area contributed by atoms with Crippen LogP contribution in [0.1, 0.15) is 18.4 Å². The number of para-hydroxylation sites is 1. The highest BCUT2D eigenvalue weighted by Crippen LogP contribution is 2.47. The minimum atomic E-state index is -4.58. The number of anilines is 1. The van der Waals surface area contributed by atoms with Crippen molar-refractivity contribution >= 4 is 17.5 Å². The Morgan fingerprint density at radius 2 is 1.78 bits per heavy atom. The van der Waals surface area contributed by atoms with Crippen molar-refractivity contribution in [1.82, 2.24) is 10.2 Å². The molecule has 6 nitrogen and oxygen atoms in total. The summed E-state index contributed by atoms with van der Waals surface area (Å²) in [5.41, 5.74) is -2.53. The molecule has 0 unspecified atom stereocenters. The van der Waals surface area contributed by atoms with Gasteiger partial charge in [0.15, 0.2) is 0 Å². The van der Waals surface area contributed by atoms with Gasteiger partial charge in [0.05, 0.1) is 24.5 Å². The summed E-state index contributed by atoms with van der Waals surface area (Å²) >= 11 is 0. The maximum Gasteiger partial charge on any atom is 0.418 e. The summed E-state index contributed by atoms with van der Waals surface area (Å²) in [5.74, 6) is -1.12. The summed E-state index contributed by atoms with van der Waals surface area (Å²) < 4.78 is 44.5. The number of hydrogen-bond acceptors (Lipinski definition) is 4.